The Morgan fingerprint density at radius 1 is 1.53 bits per heavy atom. The van der Waals surface area contributed by atoms with Gasteiger partial charge in [-0.15, -0.1) is 0 Å². The molecule has 0 amide bonds. The molecule has 1 heterocycles. The molecule has 0 bridgehead atoms. The van der Waals surface area contributed by atoms with E-state index in [-0.39, 0.29) is 0 Å². The van der Waals surface area contributed by atoms with Crippen molar-refractivity contribution in [3.63, 3.8) is 0 Å². The van der Waals surface area contributed by atoms with Crippen LogP contribution in [-0.2, 0) is 0 Å². The van der Waals surface area contributed by atoms with E-state index >= 15 is 0 Å². The summed E-state index contributed by atoms with van der Waals surface area (Å²) in [4.78, 5) is 10.9. The number of aromatic nitrogens is 2. The summed E-state index contributed by atoms with van der Waals surface area (Å²) >= 11 is 0. The number of rotatable bonds is 5. The van der Waals surface area contributed by atoms with Gasteiger partial charge >= 0.3 is 0 Å². The largest absolute Gasteiger partial charge is 0.329 e. The fourth-order valence-electron chi connectivity index (χ4n) is 1.94. The van der Waals surface area contributed by atoms with E-state index in [0.717, 1.165) is 12.2 Å². The van der Waals surface area contributed by atoms with E-state index in [9.17, 15) is 0 Å². The van der Waals surface area contributed by atoms with Gasteiger partial charge in [-0.2, -0.15) is 0 Å². The minimum Gasteiger partial charge on any atom is -0.329 e. The van der Waals surface area contributed by atoms with Crippen LogP contribution in [0, 0.1) is 0 Å². The summed E-state index contributed by atoms with van der Waals surface area (Å²) in [5.41, 5.74) is 6.67. The van der Waals surface area contributed by atoms with Gasteiger partial charge in [0.15, 0.2) is 0 Å². The Morgan fingerprint density at radius 3 is 2.87 bits per heavy atom. The zero-order chi connectivity index (χ0) is 10.7. The van der Waals surface area contributed by atoms with Gasteiger partial charge in [-0.25, -0.2) is 0 Å². The van der Waals surface area contributed by atoms with Crippen LogP contribution in [0.1, 0.15) is 31.5 Å². The fraction of sp³-hybridized carbons (Fsp3) is 0.636. The molecule has 0 radical (unpaired) electrons. The van der Waals surface area contributed by atoms with E-state index < -0.39 is 0 Å². The van der Waals surface area contributed by atoms with Crippen molar-refractivity contribution in [1.29, 1.82) is 0 Å². The lowest BCUT2D eigenvalue weighted by molar-refractivity contribution is 0.202. The normalized spacial score (nSPS) is 18.1. The highest BCUT2D eigenvalue weighted by atomic mass is 15.2. The zero-order valence-corrected chi connectivity index (χ0v) is 9.13. The summed E-state index contributed by atoms with van der Waals surface area (Å²) < 4.78 is 0. The van der Waals surface area contributed by atoms with Crippen molar-refractivity contribution in [2.24, 2.45) is 5.73 Å². The van der Waals surface area contributed by atoms with Crippen molar-refractivity contribution in [1.82, 2.24) is 14.9 Å². The van der Waals surface area contributed by atoms with E-state index in [4.69, 9.17) is 5.73 Å². The first-order valence-electron chi connectivity index (χ1n) is 5.54. The Balaban J connectivity index is 2.07. The molecule has 0 spiro atoms. The van der Waals surface area contributed by atoms with Gasteiger partial charge in [-0.3, -0.25) is 14.9 Å². The molecule has 1 atom stereocenters. The van der Waals surface area contributed by atoms with Crippen LogP contribution in [0.4, 0.5) is 0 Å². The lowest BCUT2D eigenvalue weighted by Crippen LogP contribution is -2.34. The average molecular weight is 206 g/mol. The summed E-state index contributed by atoms with van der Waals surface area (Å²) in [6.07, 6.45) is 7.89. The molecular formula is C11H18N4. The van der Waals surface area contributed by atoms with E-state index in [1.807, 2.05) is 6.20 Å². The molecule has 1 saturated carbocycles. The molecule has 2 N–H and O–H groups in total. The predicted octanol–water partition coefficient (Wildman–Crippen LogP) is 0.961. The van der Waals surface area contributed by atoms with Gasteiger partial charge < -0.3 is 5.73 Å². The summed E-state index contributed by atoms with van der Waals surface area (Å²) in [5, 5.41) is 0. The van der Waals surface area contributed by atoms with Gasteiger partial charge in [-0.05, 0) is 19.8 Å². The Labute approximate surface area is 90.5 Å². The third-order valence-corrected chi connectivity index (χ3v) is 2.91. The van der Waals surface area contributed by atoms with E-state index in [1.54, 1.807) is 12.4 Å². The van der Waals surface area contributed by atoms with Crippen LogP contribution in [-0.4, -0.2) is 34.0 Å². The smallest absolute Gasteiger partial charge is 0.0755 e. The van der Waals surface area contributed by atoms with Gasteiger partial charge in [0, 0.05) is 37.7 Å². The second kappa shape index (κ2) is 4.68. The molecule has 0 aromatic carbocycles. The number of nitrogens with two attached hydrogens (primary N) is 1. The van der Waals surface area contributed by atoms with Crippen molar-refractivity contribution in [2.45, 2.75) is 31.8 Å². The lowest BCUT2D eigenvalue weighted by Gasteiger charge is -2.27. The maximum atomic E-state index is 5.63. The number of hydrogen-bond donors (Lipinski definition) is 1. The predicted molar refractivity (Wildman–Crippen MR) is 59.2 cm³/mol. The highest BCUT2D eigenvalue weighted by Crippen LogP contribution is 2.32. The van der Waals surface area contributed by atoms with Crippen molar-refractivity contribution in [2.75, 3.05) is 13.1 Å². The minimum atomic E-state index is 0.328. The van der Waals surface area contributed by atoms with Gasteiger partial charge in [0.1, 0.15) is 0 Å². The second-order valence-electron chi connectivity index (χ2n) is 4.06. The third kappa shape index (κ3) is 2.52. The molecule has 1 aliphatic rings. The van der Waals surface area contributed by atoms with Crippen LogP contribution in [0.15, 0.2) is 18.6 Å². The minimum absolute atomic E-state index is 0.328. The molecule has 15 heavy (non-hydrogen) atoms. The van der Waals surface area contributed by atoms with Crippen LogP contribution >= 0.6 is 0 Å². The van der Waals surface area contributed by atoms with Gasteiger partial charge in [0.2, 0.25) is 0 Å². The highest BCUT2D eigenvalue weighted by molar-refractivity contribution is 5.03. The van der Waals surface area contributed by atoms with Crippen molar-refractivity contribution >= 4 is 0 Å². The summed E-state index contributed by atoms with van der Waals surface area (Å²) in [7, 11) is 0. The Morgan fingerprint density at radius 2 is 2.33 bits per heavy atom. The fourth-order valence-corrected chi connectivity index (χ4v) is 1.94. The van der Waals surface area contributed by atoms with E-state index in [0.29, 0.717) is 18.6 Å². The molecule has 0 aliphatic heterocycles. The average Bonchev–Trinajstić information content (AvgIpc) is 3.10. The quantitative estimate of drug-likeness (QED) is 0.779. The molecule has 2 rings (SSSR count). The molecule has 1 fully saturated rings. The van der Waals surface area contributed by atoms with E-state index in [1.165, 1.54) is 12.8 Å². The summed E-state index contributed by atoms with van der Waals surface area (Å²) in [6.45, 7) is 3.83. The highest BCUT2D eigenvalue weighted by Gasteiger charge is 2.32. The van der Waals surface area contributed by atoms with Crippen molar-refractivity contribution < 1.29 is 0 Å². The van der Waals surface area contributed by atoms with Crippen molar-refractivity contribution in [3.8, 4) is 0 Å². The van der Waals surface area contributed by atoms with Crippen LogP contribution in [0.25, 0.3) is 0 Å². The van der Waals surface area contributed by atoms with Gasteiger partial charge in [0.25, 0.3) is 0 Å². The van der Waals surface area contributed by atoms with Crippen molar-refractivity contribution in [3.05, 3.63) is 24.3 Å². The first-order valence-corrected chi connectivity index (χ1v) is 5.54. The molecule has 4 heteroatoms. The monoisotopic (exact) mass is 206 g/mol. The molecule has 1 aromatic heterocycles. The molecule has 1 aromatic rings. The molecule has 4 nitrogen and oxygen atoms in total. The number of hydrogen-bond acceptors (Lipinski definition) is 4. The topological polar surface area (TPSA) is 55.0 Å². The zero-order valence-electron chi connectivity index (χ0n) is 9.13. The maximum Gasteiger partial charge on any atom is 0.0755 e. The summed E-state index contributed by atoms with van der Waals surface area (Å²) in [5.74, 6) is 0. The first kappa shape index (κ1) is 10.5. The second-order valence-corrected chi connectivity index (χ2v) is 4.06. The van der Waals surface area contributed by atoms with Crippen LogP contribution in [0.2, 0.25) is 0 Å². The maximum absolute atomic E-state index is 5.63. The SMILES string of the molecule is C[C@H](c1cnccn1)N(CCN)C1CC1. The molecule has 0 unspecified atom stereocenters. The standard InChI is InChI=1S/C11H18N4/c1-9(11-8-13-5-6-14-11)15(7-4-12)10-2-3-10/h5-6,8-10H,2-4,7,12H2,1H3/t9-/m1/s1. The van der Waals surface area contributed by atoms with Gasteiger partial charge in [0.05, 0.1) is 11.7 Å². The first-order chi connectivity index (χ1) is 7.33. The molecule has 0 saturated heterocycles. The Hall–Kier alpha value is -1.00. The molecule has 1 aliphatic carbocycles. The lowest BCUT2D eigenvalue weighted by atomic mass is 10.2. The van der Waals surface area contributed by atoms with Crippen LogP contribution in [0.5, 0.6) is 0 Å². The van der Waals surface area contributed by atoms with Gasteiger partial charge in [-0.1, -0.05) is 0 Å². The van der Waals surface area contributed by atoms with Crippen LogP contribution < -0.4 is 5.73 Å². The number of nitrogens with zero attached hydrogens (tertiary/aromatic N) is 3. The Kier molecular flexibility index (Phi) is 3.28. The van der Waals surface area contributed by atoms with Crippen LogP contribution in [0.3, 0.4) is 0 Å². The molecular weight excluding hydrogens is 188 g/mol. The summed E-state index contributed by atoms with van der Waals surface area (Å²) in [6, 6.07) is 1.04. The third-order valence-electron chi connectivity index (χ3n) is 2.91. The Bertz CT molecular complexity index is 297. The van der Waals surface area contributed by atoms with E-state index in [2.05, 4.69) is 21.8 Å². The molecule has 82 valence electrons.